The first-order valence-electron chi connectivity index (χ1n) is 5.34. The highest BCUT2D eigenvalue weighted by molar-refractivity contribution is 5.68. The lowest BCUT2D eigenvalue weighted by Gasteiger charge is -2.10. The van der Waals surface area contributed by atoms with Crippen molar-refractivity contribution in [2.75, 3.05) is 0 Å². The second-order valence-electron chi connectivity index (χ2n) is 4.07. The van der Waals surface area contributed by atoms with Crippen LogP contribution in [-0.2, 0) is 0 Å². The van der Waals surface area contributed by atoms with E-state index in [1.165, 1.54) is 18.5 Å². The number of rotatable bonds is 3. The smallest absolute Gasteiger partial charge is 0.283 e. The molecule has 1 aromatic heterocycles. The van der Waals surface area contributed by atoms with Crippen molar-refractivity contribution in [3.63, 3.8) is 0 Å². The summed E-state index contributed by atoms with van der Waals surface area (Å²) < 4.78 is 14.8. The number of hydrogen-bond acceptors (Lipinski definition) is 4. The van der Waals surface area contributed by atoms with Crippen LogP contribution in [0.2, 0.25) is 0 Å². The predicted molar refractivity (Wildman–Crippen MR) is 62.5 cm³/mol. The first kappa shape index (κ1) is 12.2. The summed E-state index contributed by atoms with van der Waals surface area (Å²) >= 11 is 0. The van der Waals surface area contributed by atoms with Gasteiger partial charge in [0.25, 0.3) is 5.69 Å². The molecule has 0 aliphatic carbocycles. The van der Waals surface area contributed by atoms with Gasteiger partial charge in [0.05, 0.1) is 16.6 Å². The second-order valence-corrected chi connectivity index (χ2v) is 4.07. The maximum absolute atomic E-state index is 13.1. The zero-order valence-corrected chi connectivity index (χ0v) is 9.87. The number of benzene rings is 1. The lowest BCUT2D eigenvalue weighted by atomic mass is 10.1. The van der Waals surface area contributed by atoms with Crippen LogP contribution in [0.3, 0.4) is 0 Å². The van der Waals surface area contributed by atoms with Crippen molar-refractivity contribution in [2.24, 2.45) is 0 Å². The monoisotopic (exact) mass is 250 g/mol. The highest BCUT2D eigenvalue weighted by atomic mass is 19.1. The minimum Gasteiger partial charge on any atom is -0.311 e. The minimum absolute atomic E-state index is 0.0552. The molecule has 0 aliphatic rings. The Labute approximate surface area is 102 Å². The largest absolute Gasteiger partial charge is 0.311 e. The van der Waals surface area contributed by atoms with E-state index in [0.29, 0.717) is 5.82 Å². The fourth-order valence-corrected chi connectivity index (χ4v) is 1.66. The molecule has 0 saturated carbocycles. The quantitative estimate of drug-likeness (QED) is 0.619. The van der Waals surface area contributed by atoms with Gasteiger partial charge < -0.3 is 4.57 Å². The van der Waals surface area contributed by atoms with E-state index >= 15 is 0 Å². The van der Waals surface area contributed by atoms with Gasteiger partial charge in [-0.05, 0) is 26.0 Å². The number of nitro groups is 1. The summed E-state index contributed by atoms with van der Waals surface area (Å²) in [6.45, 7) is 3.81. The Balaban J connectivity index is 2.63. The lowest BCUT2D eigenvalue weighted by molar-refractivity contribution is -0.384. The molecule has 6 nitrogen and oxygen atoms in total. The zero-order chi connectivity index (χ0) is 13.3. The molecule has 0 bridgehead atoms. The molecule has 2 aromatic rings. The first-order chi connectivity index (χ1) is 8.50. The van der Waals surface area contributed by atoms with Gasteiger partial charge in [0.1, 0.15) is 12.1 Å². The maximum Gasteiger partial charge on any atom is 0.283 e. The normalized spacial score (nSPS) is 10.9. The SMILES string of the molecule is CC(C)n1cnnc1-c1ccc(F)cc1[N+](=O)[O-]. The van der Waals surface area contributed by atoms with E-state index in [1.54, 1.807) is 4.57 Å². The molecule has 0 N–H and O–H groups in total. The number of nitrogens with zero attached hydrogens (tertiary/aromatic N) is 4. The van der Waals surface area contributed by atoms with Crippen molar-refractivity contribution >= 4 is 5.69 Å². The summed E-state index contributed by atoms with van der Waals surface area (Å²) in [5, 5.41) is 18.5. The van der Waals surface area contributed by atoms with Crippen LogP contribution in [0.15, 0.2) is 24.5 Å². The van der Waals surface area contributed by atoms with Gasteiger partial charge in [0.2, 0.25) is 0 Å². The van der Waals surface area contributed by atoms with E-state index in [9.17, 15) is 14.5 Å². The molecule has 0 amide bonds. The summed E-state index contributed by atoms with van der Waals surface area (Å²) in [6.07, 6.45) is 1.49. The second kappa shape index (κ2) is 4.52. The summed E-state index contributed by atoms with van der Waals surface area (Å²) in [5.41, 5.74) is -0.0579. The van der Waals surface area contributed by atoms with E-state index < -0.39 is 10.7 Å². The van der Waals surface area contributed by atoms with Crippen molar-refractivity contribution in [3.05, 3.63) is 40.5 Å². The van der Waals surface area contributed by atoms with E-state index in [1.807, 2.05) is 13.8 Å². The van der Waals surface area contributed by atoms with Crippen molar-refractivity contribution in [1.82, 2.24) is 14.8 Å². The molecule has 7 heteroatoms. The molecule has 18 heavy (non-hydrogen) atoms. The third-order valence-corrected chi connectivity index (χ3v) is 2.53. The molecule has 94 valence electrons. The van der Waals surface area contributed by atoms with E-state index in [4.69, 9.17) is 0 Å². The standard InChI is InChI=1S/C11H11FN4O2/c1-7(2)15-6-13-14-11(15)9-4-3-8(12)5-10(9)16(17)18/h3-7H,1-2H3. The molecule has 0 spiro atoms. The number of nitro benzene ring substituents is 1. The maximum atomic E-state index is 13.1. The average Bonchev–Trinajstić information content (AvgIpc) is 2.77. The molecule has 0 radical (unpaired) electrons. The van der Waals surface area contributed by atoms with Crippen LogP contribution in [0, 0.1) is 15.9 Å². The molecule has 1 aromatic carbocycles. The molecule has 2 rings (SSSR count). The number of hydrogen-bond donors (Lipinski definition) is 0. The molecule has 1 heterocycles. The van der Waals surface area contributed by atoms with Gasteiger partial charge in [-0.15, -0.1) is 10.2 Å². The van der Waals surface area contributed by atoms with Gasteiger partial charge >= 0.3 is 0 Å². The molecule has 0 unspecified atom stereocenters. The molecule has 0 fully saturated rings. The van der Waals surface area contributed by atoms with Crippen molar-refractivity contribution in [3.8, 4) is 11.4 Å². The van der Waals surface area contributed by atoms with Gasteiger partial charge in [0, 0.05) is 6.04 Å². The van der Waals surface area contributed by atoms with Crippen LogP contribution in [-0.4, -0.2) is 19.7 Å². The Morgan fingerprint density at radius 2 is 2.17 bits per heavy atom. The average molecular weight is 250 g/mol. The summed E-state index contributed by atoms with van der Waals surface area (Å²) in [6, 6.07) is 3.45. The van der Waals surface area contributed by atoms with E-state index in [-0.39, 0.29) is 17.3 Å². The number of halogens is 1. The van der Waals surface area contributed by atoms with Gasteiger partial charge in [-0.3, -0.25) is 10.1 Å². The van der Waals surface area contributed by atoms with E-state index in [2.05, 4.69) is 10.2 Å². The van der Waals surface area contributed by atoms with Crippen LogP contribution in [0.25, 0.3) is 11.4 Å². The van der Waals surface area contributed by atoms with Crippen LogP contribution < -0.4 is 0 Å². The van der Waals surface area contributed by atoms with Gasteiger partial charge in [-0.1, -0.05) is 0 Å². The van der Waals surface area contributed by atoms with Gasteiger partial charge in [-0.25, -0.2) is 4.39 Å². The van der Waals surface area contributed by atoms with Crippen LogP contribution in [0.4, 0.5) is 10.1 Å². The fraction of sp³-hybridized carbons (Fsp3) is 0.273. The molecular formula is C11H11FN4O2. The highest BCUT2D eigenvalue weighted by Gasteiger charge is 2.21. The Morgan fingerprint density at radius 3 is 2.78 bits per heavy atom. The third-order valence-electron chi connectivity index (χ3n) is 2.53. The molecule has 0 aliphatic heterocycles. The molecule has 0 atom stereocenters. The van der Waals surface area contributed by atoms with Crippen molar-refractivity contribution in [2.45, 2.75) is 19.9 Å². The number of aromatic nitrogens is 3. The Kier molecular flexibility index (Phi) is 3.05. The highest BCUT2D eigenvalue weighted by Crippen LogP contribution is 2.30. The lowest BCUT2D eigenvalue weighted by Crippen LogP contribution is -2.03. The fourth-order valence-electron chi connectivity index (χ4n) is 1.66. The Morgan fingerprint density at radius 1 is 1.44 bits per heavy atom. The molecule has 0 saturated heterocycles. The summed E-state index contributed by atoms with van der Waals surface area (Å²) in [4.78, 5) is 10.3. The van der Waals surface area contributed by atoms with Crippen molar-refractivity contribution < 1.29 is 9.31 Å². The topological polar surface area (TPSA) is 73.8 Å². The van der Waals surface area contributed by atoms with Gasteiger partial charge in [-0.2, -0.15) is 0 Å². The van der Waals surface area contributed by atoms with Crippen LogP contribution in [0.1, 0.15) is 19.9 Å². The van der Waals surface area contributed by atoms with Crippen LogP contribution >= 0.6 is 0 Å². The van der Waals surface area contributed by atoms with E-state index in [0.717, 1.165) is 6.07 Å². The minimum atomic E-state index is -0.652. The Hall–Kier alpha value is -2.31. The van der Waals surface area contributed by atoms with Crippen molar-refractivity contribution in [1.29, 1.82) is 0 Å². The van der Waals surface area contributed by atoms with Gasteiger partial charge in [0.15, 0.2) is 5.82 Å². The zero-order valence-electron chi connectivity index (χ0n) is 9.87. The summed E-state index contributed by atoms with van der Waals surface area (Å²) in [5.74, 6) is -0.294. The first-order valence-corrected chi connectivity index (χ1v) is 5.34. The third kappa shape index (κ3) is 2.06. The summed E-state index contributed by atoms with van der Waals surface area (Å²) in [7, 11) is 0. The van der Waals surface area contributed by atoms with Crippen LogP contribution in [0.5, 0.6) is 0 Å². The molecular weight excluding hydrogens is 239 g/mol. The predicted octanol–water partition coefficient (Wildman–Crippen LogP) is 2.57. The Bertz CT molecular complexity index is 594.